The first kappa shape index (κ1) is 28.5. The zero-order valence-electron chi connectivity index (χ0n) is 22.7. The van der Waals surface area contributed by atoms with Gasteiger partial charge in [0.15, 0.2) is 5.60 Å². The number of carbonyl (C=O) groups excluding carboxylic acids is 1. The lowest BCUT2D eigenvalue weighted by Gasteiger charge is -2.27. The van der Waals surface area contributed by atoms with Gasteiger partial charge in [-0.15, -0.1) is 0 Å². The summed E-state index contributed by atoms with van der Waals surface area (Å²) in [6, 6.07) is 24.6. The Morgan fingerprint density at radius 1 is 0.919 bits per heavy atom. The van der Waals surface area contributed by atoms with Crippen LogP contribution in [0.4, 0.5) is 11.4 Å². The second kappa shape index (κ2) is 13.5. The number of carbonyl (C=O) groups is 1. The number of para-hydroxylation sites is 2. The van der Waals surface area contributed by atoms with E-state index in [1.165, 1.54) is 28.9 Å². The SMILES string of the molecule is CCOC(=O)C(C)(C)Oc1ccc(Cl)cc1.CN(C)CCCN1c2ccccc2CCc2ccccc21. The Bertz CT molecular complexity index is 1100. The predicted molar refractivity (Wildman–Crippen MR) is 153 cm³/mol. The standard InChI is InChI=1S/C19H24N2.C12H15ClO3/c1-20(2)14-7-15-21-18-10-5-3-8-16(18)12-13-17-9-4-6-11-19(17)21;1-4-15-11(14)12(2,3)16-10-7-5-9(13)6-8-10/h3-6,8-11H,7,12-15H2,1-2H3;5-8H,4H2,1-3H3. The molecule has 0 N–H and O–H groups in total. The Kier molecular flexibility index (Phi) is 10.4. The average Bonchev–Trinajstić information content (AvgIpc) is 3.03. The molecule has 0 radical (unpaired) electrons. The van der Waals surface area contributed by atoms with Gasteiger partial charge in [-0.3, -0.25) is 0 Å². The Morgan fingerprint density at radius 3 is 1.97 bits per heavy atom. The number of fused-ring (bicyclic) bond motifs is 2. The molecular weight excluding hydrogens is 484 g/mol. The number of halogens is 1. The van der Waals surface area contributed by atoms with Crippen LogP contribution in [0.3, 0.4) is 0 Å². The lowest BCUT2D eigenvalue weighted by atomic mass is 10.0. The number of nitrogens with zero attached hydrogens (tertiary/aromatic N) is 2. The van der Waals surface area contributed by atoms with Gasteiger partial charge in [0.1, 0.15) is 5.75 Å². The van der Waals surface area contributed by atoms with Crippen molar-refractivity contribution in [2.75, 3.05) is 38.7 Å². The second-order valence-electron chi connectivity index (χ2n) is 9.85. The molecule has 0 fully saturated rings. The van der Waals surface area contributed by atoms with Gasteiger partial charge in [0.2, 0.25) is 0 Å². The first-order valence-electron chi connectivity index (χ1n) is 12.9. The zero-order valence-corrected chi connectivity index (χ0v) is 23.4. The molecule has 37 heavy (non-hydrogen) atoms. The third kappa shape index (κ3) is 8.24. The van der Waals surface area contributed by atoms with Crippen molar-refractivity contribution < 1.29 is 14.3 Å². The molecule has 0 saturated heterocycles. The van der Waals surface area contributed by atoms with Crippen LogP contribution in [-0.2, 0) is 22.4 Å². The second-order valence-corrected chi connectivity index (χ2v) is 10.3. The molecule has 0 aliphatic carbocycles. The maximum Gasteiger partial charge on any atom is 0.349 e. The summed E-state index contributed by atoms with van der Waals surface area (Å²) in [5.74, 6) is 0.201. The summed E-state index contributed by atoms with van der Waals surface area (Å²) in [6.45, 7) is 7.63. The van der Waals surface area contributed by atoms with Crippen LogP contribution in [0, 0.1) is 0 Å². The fourth-order valence-corrected chi connectivity index (χ4v) is 4.43. The number of benzene rings is 3. The number of hydrogen-bond acceptors (Lipinski definition) is 5. The van der Waals surface area contributed by atoms with Gasteiger partial charge in [-0.25, -0.2) is 4.79 Å². The number of rotatable bonds is 8. The third-order valence-corrected chi connectivity index (χ3v) is 6.42. The smallest absolute Gasteiger partial charge is 0.349 e. The van der Waals surface area contributed by atoms with E-state index in [0.717, 1.165) is 25.9 Å². The lowest BCUT2D eigenvalue weighted by Crippen LogP contribution is -2.39. The fraction of sp³-hybridized carbons (Fsp3) is 0.387. The normalized spacial score (nSPS) is 12.6. The van der Waals surface area contributed by atoms with E-state index in [4.69, 9.17) is 21.1 Å². The Balaban J connectivity index is 0.000000214. The van der Waals surface area contributed by atoms with E-state index in [0.29, 0.717) is 17.4 Å². The fourth-order valence-electron chi connectivity index (χ4n) is 4.30. The molecule has 4 rings (SSSR count). The Morgan fingerprint density at radius 2 is 1.46 bits per heavy atom. The monoisotopic (exact) mass is 522 g/mol. The van der Waals surface area contributed by atoms with E-state index < -0.39 is 5.60 Å². The van der Waals surface area contributed by atoms with E-state index in [9.17, 15) is 4.79 Å². The van der Waals surface area contributed by atoms with Gasteiger partial charge in [0.05, 0.1) is 6.61 Å². The number of ether oxygens (including phenoxy) is 2. The van der Waals surface area contributed by atoms with Crippen molar-refractivity contribution in [1.29, 1.82) is 0 Å². The highest BCUT2D eigenvalue weighted by Crippen LogP contribution is 2.35. The Labute approximate surface area is 227 Å². The Hall–Kier alpha value is -3.02. The molecule has 1 aliphatic heterocycles. The van der Waals surface area contributed by atoms with Crippen LogP contribution in [0.2, 0.25) is 5.02 Å². The van der Waals surface area contributed by atoms with Gasteiger partial charge in [-0.2, -0.15) is 0 Å². The van der Waals surface area contributed by atoms with Crippen LogP contribution in [0.5, 0.6) is 5.75 Å². The van der Waals surface area contributed by atoms with Gasteiger partial charge < -0.3 is 19.3 Å². The lowest BCUT2D eigenvalue weighted by molar-refractivity contribution is -0.158. The minimum atomic E-state index is -0.996. The summed E-state index contributed by atoms with van der Waals surface area (Å²) < 4.78 is 10.5. The van der Waals surface area contributed by atoms with Crippen LogP contribution < -0.4 is 9.64 Å². The van der Waals surface area contributed by atoms with Gasteiger partial charge in [-0.1, -0.05) is 48.0 Å². The molecule has 0 bridgehead atoms. The minimum absolute atomic E-state index is 0.340. The summed E-state index contributed by atoms with van der Waals surface area (Å²) in [6.07, 6.45) is 3.45. The van der Waals surface area contributed by atoms with E-state index in [-0.39, 0.29) is 5.97 Å². The molecule has 0 aromatic heterocycles. The van der Waals surface area contributed by atoms with Crippen molar-refractivity contribution in [3.63, 3.8) is 0 Å². The quantitative estimate of drug-likeness (QED) is 0.300. The van der Waals surface area contributed by atoms with Gasteiger partial charge >= 0.3 is 5.97 Å². The highest BCUT2D eigenvalue weighted by molar-refractivity contribution is 6.30. The maximum atomic E-state index is 11.6. The maximum absolute atomic E-state index is 11.6. The molecule has 1 heterocycles. The van der Waals surface area contributed by atoms with Crippen molar-refractivity contribution in [1.82, 2.24) is 4.90 Å². The van der Waals surface area contributed by atoms with Crippen LogP contribution in [-0.4, -0.2) is 50.3 Å². The first-order chi connectivity index (χ1) is 17.7. The summed E-state index contributed by atoms with van der Waals surface area (Å²) >= 11 is 5.75. The van der Waals surface area contributed by atoms with Gasteiger partial charge in [-0.05, 0) is 108 Å². The molecule has 198 valence electrons. The number of hydrogen-bond donors (Lipinski definition) is 0. The number of esters is 1. The molecule has 3 aromatic carbocycles. The summed E-state index contributed by atoms with van der Waals surface area (Å²) in [4.78, 5) is 16.3. The molecule has 6 heteroatoms. The minimum Gasteiger partial charge on any atom is -0.476 e. The molecule has 1 aliphatic rings. The summed E-state index contributed by atoms with van der Waals surface area (Å²) in [5, 5.41) is 0.626. The van der Waals surface area contributed by atoms with Crippen molar-refractivity contribution in [3.8, 4) is 5.75 Å². The summed E-state index contributed by atoms with van der Waals surface area (Å²) in [5.41, 5.74) is 4.73. The molecule has 3 aromatic rings. The highest BCUT2D eigenvalue weighted by Gasteiger charge is 2.31. The molecule has 5 nitrogen and oxygen atoms in total. The van der Waals surface area contributed by atoms with Crippen molar-refractivity contribution >= 4 is 28.9 Å². The van der Waals surface area contributed by atoms with Gasteiger partial charge in [0, 0.05) is 22.9 Å². The van der Waals surface area contributed by atoms with E-state index in [1.807, 2.05) is 0 Å². The summed E-state index contributed by atoms with van der Waals surface area (Å²) in [7, 11) is 4.29. The van der Waals surface area contributed by atoms with Crippen LogP contribution in [0.1, 0.15) is 38.3 Å². The topological polar surface area (TPSA) is 42.0 Å². The largest absolute Gasteiger partial charge is 0.476 e. The molecule has 0 unspecified atom stereocenters. The van der Waals surface area contributed by atoms with E-state index in [1.54, 1.807) is 45.0 Å². The number of aryl methyl sites for hydroxylation is 2. The number of anilines is 2. The van der Waals surface area contributed by atoms with Crippen LogP contribution >= 0.6 is 11.6 Å². The van der Waals surface area contributed by atoms with Crippen molar-refractivity contribution in [2.45, 2.75) is 45.6 Å². The predicted octanol–water partition coefficient (Wildman–Crippen LogP) is 6.94. The van der Waals surface area contributed by atoms with Crippen molar-refractivity contribution in [2.24, 2.45) is 0 Å². The molecule has 0 spiro atoms. The van der Waals surface area contributed by atoms with E-state index >= 15 is 0 Å². The molecular formula is C31H39ClN2O3. The average molecular weight is 523 g/mol. The zero-order chi connectivity index (χ0) is 26.8. The highest BCUT2D eigenvalue weighted by atomic mass is 35.5. The third-order valence-electron chi connectivity index (χ3n) is 6.17. The van der Waals surface area contributed by atoms with Crippen LogP contribution in [0.25, 0.3) is 0 Å². The molecule has 0 saturated carbocycles. The van der Waals surface area contributed by atoms with E-state index in [2.05, 4.69) is 72.4 Å². The first-order valence-corrected chi connectivity index (χ1v) is 13.3. The van der Waals surface area contributed by atoms with Gasteiger partial charge in [0.25, 0.3) is 0 Å². The van der Waals surface area contributed by atoms with Crippen molar-refractivity contribution in [3.05, 3.63) is 88.9 Å². The molecule has 0 atom stereocenters. The molecule has 0 amide bonds. The van der Waals surface area contributed by atoms with Crippen LogP contribution in [0.15, 0.2) is 72.8 Å².